The number of nitrogen functional groups attached to an aromatic ring is 1. The van der Waals surface area contributed by atoms with Crippen LogP contribution in [0.2, 0.25) is 0 Å². The van der Waals surface area contributed by atoms with E-state index in [2.05, 4.69) is 21.5 Å². The average Bonchev–Trinajstić information content (AvgIpc) is 2.79. The number of pyridine rings is 1. The maximum absolute atomic E-state index is 6.04. The summed E-state index contributed by atoms with van der Waals surface area (Å²) in [5.74, 6) is 0. The maximum Gasteiger partial charge on any atom is 0.0956 e. The van der Waals surface area contributed by atoms with Gasteiger partial charge in [-0.15, -0.1) is 0 Å². The minimum atomic E-state index is 0.244. The first kappa shape index (κ1) is 11.3. The molecule has 1 fully saturated rings. The van der Waals surface area contributed by atoms with E-state index >= 15 is 0 Å². The summed E-state index contributed by atoms with van der Waals surface area (Å²) in [7, 11) is 0. The molecule has 4 nitrogen and oxygen atoms in total. The van der Waals surface area contributed by atoms with Gasteiger partial charge in [0.25, 0.3) is 0 Å². The standard InChI is InChI=1S/C14H18N4/c1-2-14(5-3-6-14)18-10-17-9-13(18)11-8-16-7-4-12(11)15/h4,7-10H,2-3,5-6H2,1H3,(H2,15,16). The zero-order valence-corrected chi connectivity index (χ0v) is 10.6. The number of hydrogen-bond donors (Lipinski definition) is 1. The topological polar surface area (TPSA) is 56.7 Å². The van der Waals surface area contributed by atoms with Crippen LogP contribution in [0.5, 0.6) is 0 Å². The summed E-state index contributed by atoms with van der Waals surface area (Å²) in [5, 5.41) is 0. The predicted octanol–water partition coefficient (Wildman–Crippen LogP) is 2.82. The van der Waals surface area contributed by atoms with Gasteiger partial charge in [-0.2, -0.15) is 0 Å². The Morgan fingerprint density at radius 1 is 1.33 bits per heavy atom. The lowest BCUT2D eigenvalue weighted by Crippen LogP contribution is -2.39. The molecule has 0 atom stereocenters. The van der Waals surface area contributed by atoms with Crippen LogP contribution in [0.15, 0.2) is 31.0 Å². The first-order valence-electron chi connectivity index (χ1n) is 6.49. The lowest BCUT2D eigenvalue weighted by Gasteiger charge is -2.43. The quantitative estimate of drug-likeness (QED) is 0.900. The monoisotopic (exact) mass is 242 g/mol. The van der Waals surface area contributed by atoms with Crippen molar-refractivity contribution in [3.05, 3.63) is 31.0 Å². The molecule has 1 aliphatic carbocycles. The predicted molar refractivity (Wildman–Crippen MR) is 72.0 cm³/mol. The number of hydrogen-bond acceptors (Lipinski definition) is 3. The van der Waals surface area contributed by atoms with Crippen LogP contribution in [-0.4, -0.2) is 14.5 Å². The molecule has 0 amide bonds. The summed E-state index contributed by atoms with van der Waals surface area (Å²) in [6, 6.07) is 1.84. The van der Waals surface area contributed by atoms with Gasteiger partial charge in [-0.25, -0.2) is 4.98 Å². The molecule has 2 aromatic heterocycles. The molecule has 0 saturated heterocycles. The van der Waals surface area contributed by atoms with Crippen LogP contribution in [0.3, 0.4) is 0 Å². The molecule has 0 bridgehead atoms. The Morgan fingerprint density at radius 2 is 2.17 bits per heavy atom. The molecule has 3 rings (SSSR count). The van der Waals surface area contributed by atoms with Crippen molar-refractivity contribution in [3.63, 3.8) is 0 Å². The number of nitrogens with zero attached hydrogens (tertiary/aromatic N) is 3. The Balaban J connectivity index is 2.10. The van der Waals surface area contributed by atoms with Crippen molar-refractivity contribution in [3.8, 4) is 11.3 Å². The minimum absolute atomic E-state index is 0.244. The normalized spacial score (nSPS) is 17.4. The Kier molecular flexibility index (Phi) is 2.58. The van der Waals surface area contributed by atoms with Crippen molar-refractivity contribution in [2.45, 2.75) is 38.1 Å². The molecular weight excluding hydrogens is 224 g/mol. The molecule has 2 aromatic rings. The summed E-state index contributed by atoms with van der Waals surface area (Å²) in [6.07, 6.45) is 12.3. The lowest BCUT2D eigenvalue weighted by atomic mass is 9.74. The first-order chi connectivity index (χ1) is 8.77. The van der Waals surface area contributed by atoms with Crippen molar-refractivity contribution in [1.82, 2.24) is 14.5 Å². The van der Waals surface area contributed by atoms with E-state index in [9.17, 15) is 0 Å². The molecule has 1 saturated carbocycles. The zero-order chi connectivity index (χ0) is 12.6. The highest BCUT2D eigenvalue weighted by atomic mass is 15.1. The third kappa shape index (κ3) is 1.52. The van der Waals surface area contributed by atoms with Crippen molar-refractivity contribution in [2.24, 2.45) is 0 Å². The second-order valence-corrected chi connectivity index (χ2v) is 5.04. The van der Waals surface area contributed by atoms with Crippen LogP contribution < -0.4 is 5.73 Å². The van der Waals surface area contributed by atoms with Crippen molar-refractivity contribution in [1.29, 1.82) is 0 Å². The third-order valence-corrected chi connectivity index (χ3v) is 4.22. The summed E-state index contributed by atoms with van der Waals surface area (Å²) in [6.45, 7) is 2.25. The van der Waals surface area contributed by atoms with E-state index in [1.165, 1.54) is 19.3 Å². The number of rotatable bonds is 3. The molecule has 0 spiro atoms. The van der Waals surface area contributed by atoms with Gasteiger partial charge >= 0.3 is 0 Å². The molecule has 0 aliphatic heterocycles. The van der Waals surface area contributed by atoms with E-state index < -0.39 is 0 Å². The molecule has 0 unspecified atom stereocenters. The Hall–Kier alpha value is -1.84. The molecule has 2 heterocycles. The van der Waals surface area contributed by atoms with Gasteiger partial charge in [-0.05, 0) is 31.7 Å². The van der Waals surface area contributed by atoms with Gasteiger partial charge in [0.2, 0.25) is 0 Å². The average molecular weight is 242 g/mol. The number of imidazole rings is 1. The number of aromatic nitrogens is 3. The van der Waals surface area contributed by atoms with Gasteiger partial charge in [0.05, 0.1) is 18.2 Å². The van der Waals surface area contributed by atoms with Gasteiger partial charge in [-0.1, -0.05) is 6.92 Å². The minimum Gasteiger partial charge on any atom is -0.398 e. The summed E-state index contributed by atoms with van der Waals surface area (Å²) in [4.78, 5) is 8.49. The van der Waals surface area contributed by atoms with Crippen LogP contribution in [0.25, 0.3) is 11.3 Å². The van der Waals surface area contributed by atoms with E-state index in [1.54, 1.807) is 6.20 Å². The molecule has 4 heteroatoms. The number of nitrogens with two attached hydrogens (primary N) is 1. The van der Waals surface area contributed by atoms with Gasteiger partial charge < -0.3 is 10.3 Å². The van der Waals surface area contributed by atoms with Crippen molar-refractivity contribution in [2.75, 3.05) is 5.73 Å². The maximum atomic E-state index is 6.04. The molecule has 2 N–H and O–H groups in total. The largest absolute Gasteiger partial charge is 0.398 e. The zero-order valence-electron chi connectivity index (χ0n) is 10.6. The van der Waals surface area contributed by atoms with E-state index in [1.807, 2.05) is 24.8 Å². The Labute approximate surface area is 107 Å². The molecular formula is C14H18N4. The Bertz CT molecular complexity index is 549. The highest BCUT2D eigenvalue weighted by molar-refractivity contribution is 5.72. The summed E-state index contributed by atoms with van der Waals surface area (Å²) < 4.78 is 2.30. The van der Waals surface area contributed by atoms with Gasteiger partial charge in [0.1, 0.15) is 0 Å². The third-order valence-electron chi connectivity index (χ3n) is 4.22. The van der Waals surface area contributed by atoms with Gasteiger partial charge in [0.15, 0.2) is 0 Å². The Morgan fingerprint density at radius 3 is 2.78 bits per heavy atom. The molecule has 0 aromatic carbocycles. The van der Waals surface area contributed by atoms with E-state index in [0.29, 0.717) is 0 Å². The van der Waals surface area contributed by atoms with Crippen LogP contribution in [0, 0.1) is 0 Å². The van der Waals surface area contributed by atoms with Gasteiger partial charge in [0, 0.05) is 29.2 Å². The lowest BCUT2D eigenvalue weighted by molar-refractivity contribution is 0.138. The number of anilines is 1. The van der Waals surface area contributed by atoms with Crippen LogP contribution in [0.4, 0.5) is 5.69 Å². The van der Waals surface area contributed by atoms with Crippen molar-refractivity contribution < 1.29 is 0 Å². The molecule has 94 valence electrons. The van der Waals surface area contributed by atoms with E-state index in [4.69, 9.17) is 5.73 Å². The second kappa shape index (κ2) is 4.12. The van der Waals surface area contributed by atoms with Crippen molar-refractivity contribution >= 4 is 5.69 Å². The summed E-state index contributed by atoms with van der Waals surface area (Å²) in [5.41, 5.74) is 9.12. The highest BCUT2D eigenvalue weighted by Crippen LogP contribution is 2.44. The molecule has 18 heavy (non-hydrogen) atoms. The first-order valence-corrected chi connectivity index (χ1v) is 6.49. The summed E-state index contributed by atoms with van der Waals surface area (Å²) >= 11 is 0. The van der Waals surface area contributed by atoms with E-state index in [0.717, 1.165) is 23.4 Å². The fourth-order valence-electron chi connectivity index (χ4n) is 2.84. The van der Waals surface area contributed by atoms with E-state index in [-0.39, 0.29) is 5.54 Å². The fraction of sp³-hybridized carbons (Fsp3) is 0.429. The second-order valence-electron chi connectivity index (χ2n) is 5.04. The molecule has 1 aliphatic rings. The van der Waals surface area contributed by atoms with Gasteiger partial charge in [-0.3, -0.25) is 4.98 Å². The van der Waals surface area contributed by atoms with Crippen LogP contribution >= 0.6 is 0 Å². The SMILES string of the molecule is CCC1(n2cncc2-c2cnccc2N)CCC1. The van der Waals surface area contributed by atoms with Crippen LogP contribution in [-0.2, 0) is 5.54 Å². The molecule has 0 radical (unpaired) electrons. The van der Waals surface area contributed by atoms with Crippen LogP contribution in [0.1, 0.15) is 32.6 Å². The highest BCUT2D eigenvalue weighted by Gasteiger charge is 2.38. The fourth-order valence-corrected chi connectivity index (χ4v) is 2.84. The smallest absolute Gasteiger partial charge is 0.0956 e.